The van der Waals surface area contributed by atoms with Gasteiger partial charge in [-0.3, -0.25) is 4.79 Å². The highest BCUT2D eigenvalue weighted by molar-refractivity contribution is 8.01. The molecule has 9 heteroatoms. The number of rotatable bonds is 9. The maximum absolute atomic E-state index is 12.1. The second-order valence-electron chi connectivity index (χ2n) is 4.65. The van der Waals surface area contributed by atoms with Crippen LogP contribution >= 0.6 is 23.1 Å². The number of amides is 1. The van der Waals surface area contributed by atoms with E-state index in [0.29, 0.717) is 27.3 Å². The summed E-state index contributed by atoms with van der Waals surface area (Å²) in [5.41, 5.74) is 0.756. The Morgan fingerprint density at radius 2 is 2.16 bits per heavy atom. The van der Waals surface area contributed by atoms with Crippen LogP contribution in [0.2, 0.25) is 0 Å². The van der Waals surface area contributed by atoms with Crippen LogP contribution in [0.1, 0.15) is 17.3 Å². The minimum Gasteiger partial charge on any atom is -0.462 e. The third-order valence-corrected chi connectivity index (χ3v) is 4.84. The van der Waals surface area contributed by atoms with E-state index in [1.807, 2.05) is 0 Å². The Balaban J connectivity index is 1.91. The highest BCUT2D eigenvalue weighted by Crippen LogP contribution is 2.25. The summed E-state index contributed by atoms with van der Waals surface area (Å²) in [6.07, 6.45) is 1.72. The molecule has 0 aliphatic carbocycles. The Hall–Kier alpha value is -2.39. The van der Waals surface area contributed by atoms with Gasteiger partial charge < -0.3 is 15.4 Å². The van der Waals surface area contributed by atoms with Crippen LogP contribution in [-0.4, -0.2) is 41.0 Å². The van der Waals surface area contributed by atoms with E-state index in [-0.39, 0.29) is 18.3 Å². The summed E-state index contributed by atoms with van der Waals surface area (Å²) >= 11 is 2.64. The number of aromatic nitrogens is 2. The van der Waals surface area contributed by atoms with Crippen molar-refractivity contribution in [2.75, 3.05) is 29.5 Å². The van der Waals surface area contributed by atoms with Gasteiger partial charge >= 0.3 is 5.97 Å². The van der Waals surface area contributed by atoms with E-state index in [1.54, 1.807) is 37.3 Å². The second kappa shape index (κ2) is 9.80. The van der Waals surface area contributed by atoms with Gasteiger partial charge in [0.05, 0.1) is 23.6 Å². The maximum Gasteiger partial charge on any atom is 0.340 e. The Morgan fingerprint density at radius 3 is 2.92 bits per heavy atom. The van der Waals surface area contributed by atoms with Gasteiger partial charge in [0.15, 0.2) is 4.34 Å². The fourth-order valence-electron chi connectivity index (χ4n) is 1.79. The zero-order chi connectivity index (χ0) is 18.1. The molecule has 0 aliphatic heterocycles. The zero-order valence-electron chi connectivity index (χ0n) is 13.7. The minimum atomic E-state index is -0.465. The molecule has 7 nitrogen and oxygen atoms in total. The monoisotopic (exact) mass is 378 g/mol. The molecular formula is C16H18N4O3S2. The van der Waals surface area contributed by atoms with Gasteiger partial charge in [-0.2, -0.15) is 0 Å². The molecule has 132 valence electrons. The van der Waals surface area contributed by atoms with E-state index in [9.17, 15) is 9.59 Å². The van der Waals surface area contributed by atoms with Crippen molar-refractivity contribution >= 4 is 45.8 Å². The smallest absolute Gasteiger partial charge is 0.340 e. The van der Waals surface area contributed by atoms with Crippen molar-refractivity contribution in [3.8, 4) is 0 Å². The largest absolute Gasteiger partial charge is 0.462 e. The fourth-order valence-corrected chi connectivity index (χ4v) is 3.35. The number of hydrogen-bond donors (Lipinski definition) is 2. The number of para-hydroxylation sites is 1. The normalized spacial score (nSPS) is 10.1. The number of carbonyl (C=O) groups excluding carboxylic acids is 2. The molecule has 0 bridgehead atoms. The van der Waals surface area contributed by atoms with Crippen LogP contribution in [0, 0.1) is 0 Å². The molecule has 1 amide bonds. The minimum absolute atomic E-state index is 0.160. The molecule has 0 radical (unpaired) electrons. The summed E-state index contributed by atoms with van der Waals surface area (Å²) in [7, 11) is 0. The van der Waals surface area contributed by atoms with Crippen LogP contribution in [-0.2, 0) is 9.53 Å². The maximum atomic E-state index is 12.1. The van der Waals surface area contributed by atoms with Crippen LogP contribution in [0.5, 0.6) is 0 Å². The van der Waals surface area contributed by atoms with Crippen LogP contribution < -0.4 is 10.6 Å². The SMILES string of the molecule is C=CCNc1nnc(SCC(=O)Nc2ccccc2C(=O)OCC)s1. The van der Waals surface area contributed by atoms with Gasteiger partial charge in [-0.05, 0) is 19.1 Å². The lowest BCUT2D eigenvalue weighted by Gasteiger charge is -2.09. The van der Waals surface area contributed by atoms with Gasteiger partial charge in [0.2, 0.25) is 11.0 Å². The van der Waals surface area contributed by atoms with Crippen LogP contribution in [0.15, 0.2) is 41.3 Å². The number of nitrogens with one attached hydrogen (secondary N) is 2. The van der Waals surface area contributed by atoms with Crippen LogP contribution in [0.3, 0.4) is 0 Å². The number of anilines is 2. The number of carbonyl (C=O) groups is 2. The van der Waals surface area contributed by atoms with Gasteiger partial charge in [0.25, 0.3) is 0 Å². The van der Waals surface area contributed by atoms with Crippen molar-refractivity contribution in [1.29, 1.82) is 0 Å². The predicted molar refractivity (Wildman–Crippen MR) is 100 cm³/mol. The second-order valence-corrected chi connectivity index (χ2v) is 6.85. The van der Waals surface area contributed by atoms with Crippen LogP contribution in [0.4, 0.5) is 10.8 Å². The summed E-state index contributed by atoms with van der Waals surface area (Å²) in [5, 5.41) is 14.4. The van der Waals surface area contributed by atoms with Crippen molar-refractivity contribution < 1.29 is 14.3 Å². The van der Waals surface area contributed by atoms with E-state index in [2.05, 4.69) is 27.4 Å². The Kier molecular flexibility index (Phi) is 7.42. The molecule has 0 fully saturated rings. The molecule has 2 N–H and O–H groups in total. The topological polar surface area (TPSA) is 93.2 Å². The van der Waals surface area contributed by atoms with Crippen molar-refractivity contribution in [3.05, 3.63) is 42.5 Å². The number of ether oxygens (including phenoxy) is 1. The molecule has 0 saturated carbocycles. The molecule has 0 atom stereocenters. The van der Waals surface area contributed by atoms with Gasteiger partial charge in [0.1, 0.15) is 0 Å². The molecule has 2 aromatic rings. The molecule has 0 saturated heterocycles. The number of hydrogen-bond acceptors (Lipinski definition) is 8. The number of nitrogens with zero attached hydrogens (tertiary/aromatic N) is 2. The van der Waals surface area contributed by atoms with Crippen molar-refractivity contribution in [1.82, 2.24) is 10.2 Å². The third-order valence-electron chi connectivity index (χ3n) is 2.83. The molecule has 25 heavy (non-hydrogen) atoms. The number of esters is 1. The van der Waals surface area contributed by atoms with Crippen molar-refractivity contribution in [2.45, 2.75) is 11.3 Å². The average Bonchev–Trinajstić information content (AvgIpc) is 3.07. The Bertz CT molecular complexity index is 748. The zero-order valence-corrected chi connectivity index (χ0v) is 15.3. The molecule has 0 unspecified atom stereocenters. The third kappa shape index (κ3) is 5.87. The lowest BCUT2D eigenvalue weighted by Crippen LogP contribution is -2.17. The molecule has 0 aliphatic rings. The first kappa shape index (κ1) is 18.9. The summed E-state index contributed by atoms with van der Waals surface area (Å²) in [6.45, 7) is 6.22. The molecule has 1 aromatic carbocycles. The van der Waals surface area contributed by atoms with E-state index in [4.69, 9.17) is 4.74 Å². The highest BCUT2D eigenvalue weighted by Gasteiger charge is 2.14. The van der Waals surface area contributed by atoms with E-state index < -0.39 is 5.97 Å². The van der Waals surface area contributed by atoms with Gasteiger partial charge in [-0.1, -0.05) is 41.3 Å². The van der Waals surface area contributed by atoms with Gasteiger partial charge in [-0.15, -0.1) is 16.8 Å². The van der Waals surface area contributed by atoms with Gasteiger partial charge in [-0.25, -0.2) is 4.79 Å². The lowest BCUT2D eigenvalue weighted by molar-refractivity contribution is -0.113. The molecule has 2 rings (SSSR count). The highest BCUT2D eigenvalue weighted by atomic mass is 32.2. The first-order valence-electron chi connectivity index (χ1n) is 7.51. The van der Waals surface area contributed by atoms with E-state index >= 15 is 0 Å². The molecular weight excluding hydrogens is 360 g/mol. The Labute approximate surface area is 153 Å². The summed E-state index contributed by atoms with van der Waals surface area (Å²) < 4.78 is 5.67. The van der Waals surface area contributed by atoms with Gasteiger partial charge in [0, 0.05) is 6.54 Å². The summed E-state index contributed by atoms with van der Waals surface area (Å²) in [4.78, 5) is 24.0. The lowest BCUT2D eigenvalue weighted by atomic mass is 10.2. The first-order valence-corrected chi connectivity index (χ1v) is 9.31. The predicted octanol–water partition coefficient (Wildman–Crippen LogP) is 3.04. The number of benzene rings is 1. The number of thioether (sulfide) groups is 1. The standard InChI is InChI=1S/C16H18N4O3S2/c1-3-9-17-15-19-20-16(25-15)24-10-13(21)18-12-8-6-5-7-11(12)14(22)23-4-2/h3,5-8H,1,4,9-10H2,2H3,(H,17,19)(H,18,21). The van der Waals surface area contributed by atoms with Crippen molar-refractivity contribution in [3.63, 3.8) is 0 Å². The molecule has 1 heterocycles. The summed E-state index contributed by atoms with van der Waals surface area (Å²) in [6, 6.07) is 6.74. The first-order chi connectivity index (χ1) is 12.1. The molecule has 1 aromatic heterocycles. The van der Waals surface area contributed by atoms with E-state index in [0.717, 1.165) is 0 Å². The molecule has 0 spiro atoms. The quantitative estimate of drug-likeness (QED) is 0.393. The van der Waals surface area contributed by atoms with Crippen LogP contribution in [0.25, 0.3) is 0 Å². The van der Waals surface area contributed by atoms with E-state index in [1.165, 1.54) is 23.1 Å². The summed E-state index contributed by atoms with van der Waals surface area (Å²) in [5.74, 6) is -0.543. The fraction of sp³-hybridized carbons (Fsp3) is 0.250. The Morgan fingerprint density at radius 1 is 1.36 bits per heavy atom. The average molecular weight is 378 g/mol. The van der Waals surface area contributed by atoms with Crippen molar-refractivity contribution in [2.24, 2.45) is 0 Å².